The van der Waals surface area contributed by atoms with Gasteiger partial charge in [-0.3, -0.25) is 19.3 Å². The number of rotatable bonds is 9. The van der Waals surface area contributed by atoms with E-state index in [2.05, 4.69) is 16.3 Å². The first-order valence-electron chi connectivity index (χ1n) is 12.8. The molecule has 8 heteroatoms. The minimum absolute atomic E-state index is 0.0783. The van der Waals surface area contributed by atoms with E-state index in [-0.39, 0.29) is 24.8 Å². The van der Waals surface area contributed by atoms with Crippen LogP contribution in [0.15, 0.2) is 0 Å². The zero-order chi connectivity index (χ0) is 23.8. The Balaban J connectivity index is 1.82. The molecule has 3 rings (SSSR count). The van der Waals surface area contributed by atoms with Gasteiger partial charge in [0.15, 0.2) is 0 Å². The van der Waals surface area contributed by atoms with Gasteiger partial charge < -0.3 is 16.0 Å². The highest BCUT2D eigenvalue weighted by atomic mass is 16.2. The van der Waals surface area contributed by atoms with E-state index in [1.807, 2.05) is 0 Å². The Morgan fingerprint density at radius 2 is 1.76 bits per heavy atom. The number of hydrogen-bond acceptors (Lipinski definition) is 5. The Labute approximate surface area is 198 Å². The van der Waals surface area contributed by atoms with Crippen LogP contribution in [0, 0.1) is 23.2 Å². The lowest BCUT2D eigenvalue weighted by atomic mass is 9.80. The summed E-state index contributed by atoms with van der Waals surface area (Å²) in [6.45, 7) is 0.909. The Morgan fingerprint density at radius 1 is 1.12 bits per heavy atom. The Bertz CT molecular complexity index is 739. The molecule has 1 saturated heterocycles. The summed E-state index contributed by atoms with van der Waals surface area (Å²) in [4.78, 5) is 42.0. The van der Waals surface area contributed by atoms with Gasteiger partial charge in [0, 0.05) is 38.5 Å². The summed E-state index contributed by atoms with van der Waals surface area (Å²) in [7, 11) is 1.57. The lowest BCUT2D eigenvalue weighted by Gasteiger charge is -2.39. The van der Waals surface area contributed by atoms with E-state index in [0.717, 1.165) is 45.1 Å². The van der Waals surface area contributed by atoms with Crippen LogP contribution in [0.4, 0.5) is 0 Å². The molecule has 3 aliphatic rings. The van der Waals surface area contributed by atoms with Gasteiger partial charge in [-0.25, -0.2) is 0 Å². The van der Waals surface area contributed by atoms with Gasteiger partial charge in [-0.2, -0.15) is 5.26 Å². The van der Waals surface area contributed by atoms with Crippen molar-refractivity contribution in [1.82, 2.24) is 15.1 Å². The quantitative estimate of drug-likeness (QED) is 0.548. The maximum atomic E-state index is 13.9. The molecule has 0 spiro atoms. The highest BCUT2D eigenvalue weighted by Crippen LogP contribution is 2.36. The van der Waals surface area contributed by atoms with E-state index in [4.69, 9.17) is 5.73 Å². The molecule has 1 heterocycles. The first kappa shape index (κ1) is 25.5. The average molecular weight is 460 g/mol. The third-order valence-electron chi connectivity index (χ3n) is 8.08. The third-order valence-corrected chi connectivity index (χ3v) is 8.08. The van der Waals surface area contributed by atoms with Gasteiger partial charge in [0.05, 0.1) is 6.07 Å². The van der Waals surface area contributed by atoms with E-state index in [1.54, 1.807) is 7.05 Å². The molecule has 1 aliphatic heterocycles. The van der Waals surface area contributed by atoms with Gasteiger partial charge in [0.25, 0.3) is 0 Å². The molecule has 2 atom stereocenters. The minimum atomic E-state index is -1.07. The SMILES string of the molecule is CNC(=O)CC(CC1CCCCC1)C(=O)N(CC(N)=O)C1(C#N)CCN(C2CCCCC2)C1. The Hall–Kier alpha value is -2.14. The van der Waals surface area contributed by atoms with Gasteiger partial charge in [0.1, 0.15) is 12.1 Å². The van der Waals surface area contributed by atoms with Crippen LogP contribution in [0.5, 0.6) is 0 Å². The first-order valence-corrected chi connectivity index (χ1v) is 12.8. The van der Waals surface area contributed by atoms with Crippen LogP contribution in [0.25, 0.3) is 0 Å². The molecule has 3 amide bonds. The highest BCUT2D eigenvalue weighted by Gasteiger charge is 2.49. The van der Waals surface area contributed by atoms with Crippen LogP contribution in [0.1, 0.15) is 83.5 Å². The van der Waals surface area contributed by atoms with Crippen molar-refractivity contribution in [2.75, 3.05) is 26.7 Å². The number of likely N-dealkylation sites (tertiary alicyclic amines) is 1. The van der Waals surface area contributed by atoms with Crippen LogP contribution >= 0.6 is 0 Å². The van der Waals surface area contributed by atoms with Crippen molar-refractivity contribution in [3.63, 3.8) is 0 Å². The number of hydrogen-bond donors (Lipinski definition) is 2. The topological polar surface area (TPSA) is 120 Å². The fourth-order valence-corrected chi connectivity index (χ4v) is 6.19. The van der Waals surface area contributed by atoms with Crippen molar-refractivity contribution >= 4 is 17.7 Å². The largest absolute Gasteiger partial charge is 0.368 e. The van der Waals surface area contributed by atoms with Crippen molar-refractivity contribution in [1.29, 1.82) is 5.26 Å². The number of amides is 3. The number of nitrogens with zero attached hydrogens (tertiary/aromatic N) is 3. The van der Waals surface area contributed by atoms with Crippen molar-refractivity contribution in [3.8, 4) is 6.07 Å². The summed E-state index contributed by atoms with van der Waals surface area (Å²) in [5, 5.41) is 12.9. The van der Waals surface area contributed by atoms with E-state index in [0.29, 0.717) is 31.3 Å². The van der Waals surface area contributed by atoms with Gasteiger partial charge in [-0.1, -0.05) is 51.4 Å². The fraction of sp³-hybridized carbons (Fsp3) is 0.840. The molecular formula is C25H41N5O3. The zero-order valence-electron chi connectivity index (χ0n) is 20.2. The first-order chi connectivity index (χ1) is 15.9. The molecule has 0 aromatic rings. The molecule has 8 nitrogen and oxygen atoms in total. The Kier molecular flexibility index (Phi) is 9.13. The predicted molar refractivity (Wildman–Crippen MR) is 126 cm³/mol. The molecule has 0 aromatic heterocycles. The molecule has 0 bridgehead atoms. The molecule has 2 unspecified atom stereocenters. The number of nitrogens with two attached hydrogens (primary N) is 1. The van der Waals surface area contributed by atoms with Crippen LogP contribution < -0.4 is 11.1 Å². The lowest BCUT2D eigenvalue weighted by Crippen LogP contribution is -2.57. The molecule has 3 fully saturated rings. The Morgan fingerprint density at radius 3 is 2.33 bits per heavy atom. The molecule has 184 valence electrons. The molecule has 0 aromatic carbocycles. The number of primary amides is 1. The molecule has 33 heavy (non-hydrogen) atoms. The van der Waals surface area contributed by atoms with E-state index in [9.17, 15) is 19.6 Å². The smallest absolute Gasteiger partial charge is 0.237 e. The summed E-state index contributed by atoms with van der Waals surface area (Å²) in [5.74, 6) is -1.22. The van der Waals surface area contributed by atoms with Crippen molar-refractivity contribution in [2.24, 2.45) is 17.6 Å². The highest BCUT2D eigenvalue weighted by molar-refractivity contribution is 5.89. The molecule has 3 N–H and O–H groups in total. The second-order valence-corrected chi connectivity index (χ2v) is 10.4. The van der Waals surface area contributed by atoms with Crippen molar-refractivity contribution < 1.29 is 14.4 Å². The van der Waals surface area contributed by atoms with E-state index < -0.39 is 17.4 Å². The molecular weight excluding hydrogens is 418 g/mol. The second kappa shape index (κ2) is 11.8. The van der Waals surface area contributed by atoms with Gasteiger partial charge in [-0.15, -0.1) is 0 Å². The minimum Gasteiger partial charge on any atom is -0.368 e. The van der Waals surface area contributed by atoms with E-state index in [1.165, 1.54) is 30.6 Å². The van der Waals surface area contributed by atoms with Gasteiger partial charge >= 0.3 is 0 Å². The maximum Gasteiger partial charge on any atom is 0.237 e. The summed E-state index contributed by atoms with van der Waals surface area (Å²) < 4.78 is 0. The predicted octanol–water partition coefficient (Wildman–Crippen LogP) is 2.32. The van der Waals surface area contributed by atoms with Crippen LogP contribution in [0.2, 0.25) is 0 Å². The van der Waals surface area contributed by atoms with Crippen LogP contribution in [-0.4, -0.2) is 65.8 Å². The van der Waals surface area contributed by atoms with Crippen molar-refractivity contribution in [2.45, 2.75) is 95.1 Å². The van der Waals surface area contributed by atoms with Gasteiger partial charge in [-0.05, 0) is 31.6 Å². The number of nitrogens with one attached hydrogen (secondary N) is 1. The standard InChI is InChI=1S/C25H41N5O3/c1-28-23(32)15-20(14-19-8-4-2-5-9-19)24(33)30(16-22(27)31)25(17-26)12-13-29(18-25)21-10-6-3-7-11-21/h19-21H,2-16,18H2,1H3,(H2,27,31)(H,28,32). The monoisotopic (exact) mass is 459 g/mol. The average Bonchev–Trinajstić information content (AvgIpc) is 3.28. The summed E-state index contributed by atoms with van der Waals surface area (Å²) in [5.41, 5.74) is 4.49. The molecule has 2 saturated carbocycles. The van der Waals surface area contributed by atoms with Crippen molar-refractivity contribution in [3.05, 3.63) is 0 Å². The second-order valence-electron chi connectivity index (χ2n) is 10.4. The fourth-order valence-electron chi connectivity index (χ4n) is 6.19. The summed E-state index contributed by atoms with van der Waals surface area (Å²) in [6, 6.07) is 2.85. The lowest BCUT2D eigenvalue weighted by molar-refractivity contribution is -0.145. The number of carbonyl (C=O) groups excluding carboxylic acids is 3. The molecule has 0 radical (unpaired) electrons. The molecule has 2 aliphatic carbocycles. The maximum absolute atomic E-state index is 13.9. The summed E-state index contributed by atoms with van der Waals surface area (Å²) in [6.07, 6.45) is 12.7. The van der Waals surface area contributed by atoms with Crippen LogP contribution in [0.3, 0.4) is 0 Å². The van der Waals surface area contributed by atoms with E-state index >= 15 is 0 Å². The summed E-state index contributed by atoms with van der Waals surface area (Å²) >= 11 is 0. The van der Waals surface area contributed by atoms with Gasteiger partial charge in [0.2, 0.25) is 17.7 Å². The third kappa shape index (κ3) is 6.47. The zero-order valence-corrected chi connectivity index (χ0v) is 20.2. The number of carbonyl (C=O) groups is 3. The van der Waals surface area contributed by atoms with Crippen LogP contribution in [-0.2, 0) is 14.4 Å². The number of nitriles is 1. The normalized spacial score (nSPS) is 25.8.